The predicted octanol–water partition coefficient (Wildman–Crippen LogP) is 1.49. The molecule has 1 atom stereocenters. The Bertz CT molecular complexity index is 753. The van der Waals surface area contributed by atoms with E-state index >= 15 is 0 Å². The summed E-state index contributed by atoms with van der Waals surface area (Å²) in [5.41, 5.74) is 12.5. The number of nitrogens with zero attached hydrogens (tertiary/aromatic N) is 5. The summed E-state index contributed by atoms with van der Waals surface area (Å²) < 4.78 is 16.0. The van der Waals surface area contributed by atoms with E-state index in [1.165, 1.54) is 36.7 Å². The number of likely N-dealkylation sites (tertiary alicyclic amines) is 1. The normalized spacial score (nSPS) is 21.3. The molecular weight excluding hydrogens is 321 g/mol. The molecule has 0 bridgehead atoms. The summed E-state index contributed by atoms with van der Waals surface area (Å²) in [4.78, 5) is 8.52. The van der Waals surface area contributed by atoms with Gasteiger partial charge in [-0.05, 0) is 50.4 Å². The van der Waals surface area contributed by atoms with Gasteiger partial charge < -0.3 is 21.3 Å². The van der Waals surface area contributed by atoms with Crippen molar-refractivity contribution in [2.75, 3.05) is 49.1 Å². The van der Waals surface area contributed by atoms with Crippen molar-refractivity contribution in [1.82, 2.24) is 19.7 Å². The zero-order valence-electron chi connectivity index (χ0n) is 14.2. The Kier molecular flexibility index (Phi) is 4.20. The van der Waals surface area contributed by atoms with Crippen LogP contribution in [0, 0.1) is 11.7 Å². The second-order valence-electron chi connectivity index (χ2n) is 6.98. The predicted molar refractivity (Wildman–Crippen MR) is 96.1 cm³/mol. The van der Waals surface area contributed by atoms with Crippen LogP contribution in [-0.2, 0) is 0 Å². The molecule has 8 heteroatoms. The summed E-state index contributed by atoms with van der Waals surface area (Å²) in [6.45, 7) is 5.35. The minimum Gasteiger partial charge on any atom is -0.369 e. The molecule has 0 amide bonds. The third-order valence-electron chi connectivity index (χ3n) is 5.17. The first kappa shape index (κ1) is 16.1. The van der Waals surface area contributed by atoms with Crippen molar-refractivity contribution in [3.8, 4) is 5.69 Å². The van der Waals surface area contributed by atoms with Gasteiger partial charge in [0, 0.05) is 25.7 Å². The molecule has 4 rings (SSSR count). The highest BCUT2D eigenvalue weighted by Crippen LogP contribution is 2.29. The molecule has 0 spiro atoms. The van der Waals surface area contributed by atoms with E-state index in [-0.39, 0.29) is 17.7 Å². The van der Waals surface area contributed by atoms with Gasteiger partial charge in [-0.25, -0.2) is 4.39 Å². The number of hydrogen-bond donors (Lipinski definition) is 2. The maximum Gasteiger partial charge on any atom is 0.241 e. The molecule has 1 aromatic carbocycles. The van der Waals surface area contributed by atoms with Gasteiger partial charge in [-0.3, -0.25) is 0 Å². The zero-order valence-corrected chi connectivity index (χ0v) is 14.2. The Labute approximate surface area is 146 Å². The standard InChI is InChI=1S/C17H24FN7/c18-14-9-13(25-17(20)21-16(19)22-25)3-4-15(14)24-8-5-12(11-24)10-23-6-1-2-7-23/h3-4,9,12H,1-2,5-8,10-11H2,(H4,19,20,21,22). The molecule has 2 aliphatic rings. The topological polar surface area (TPSA) is 89.2 Å². The monoisotopic (exact) mass is 345 g/mol. The lowest BCUT2D eigenvalue weighted by Crippen LogP contribution is -2.29. The summed E-state index contributed by atoms with van der Waals surface area (Å²) >= 11 is 0. The average molecular weight is 345 g/mol. The summed E-state index contributed by atoms with van der Waals surface area (Å²) in [5.74, 6) is 0.568. The molecule has 4 N–H and O–H groups in total. The molecule has 0 saturated carbocycles. The molecule has 2 aliphatic heterocycles. The maximum atomic E-state index is 14.7. The lowest BCUT2D eigenvalue weighted by atomic mass is 10.1. The van der Waals surface area contributed by atoms with Crippen LogP contribution >= 0.6 is 0 Å². The number of halogens is 1. The van der Waals surface area contributed by atoms with Gasteiger partial charge in [0.1, 0.15) is 5.82 Å². The fraction of sp³-hybridized carbons (Fsp3) is 0.529. The van der Waals surface area contributed by atoms with E-state index in [0.29, 0.717) is 17.3 Å². The molecular formula is C17H24FN7. The SMILES string of the molecule is Nc1nc(N)n(-c2ccc(N3CCC(CN4CCCC4)C3)c(F)c2)n1. The third-order valence-corrected chi connectivity index (χ3v) is 5.17. The van der Waals surface area contributed by atoms with Crippen molar-refractivity contribution >= 4 is 17.6 Å². The third kappa shape index (κ3) is 3.26. The van der Waals surface area contributed by atoms with Crippen LogP contribution in [0.4, 0.5) is 22.0 Å². The highest BCUT2D eigenvalue weighted by molar-refractivity contribution is 5.54. The largest absolute Gasteiger partial charge is 0.369 e. The summed E-state index contributed by atoms with van der Waals surface area (Å²) in [5, 5.41) is 3.99. The second-order valence-corrected chi connectivity index (χ2v) is 6.98. The average Bonchev–Trinajstić information content (AvgIpc) is 3.30. The summed E-state index contributed by atoms with van der Waals surface area (Å²) in [6.07, 6.45) is 3.73. The first-order chi connectivity index (χ1) is 12.1. The van der Waals surface area contributed by atoms with Crippen LogP contribution in [0.2, 0.25) is 0 Å². The van der Waals surface area contributed by atoms with Crippen LogP contribution in [0.15, 0.2) is 18.2 Å². The number of nitrogen functional groups attached to an aromatic ring is 2. The van der Waals surface area contributed by atoms with E-state index in [4.69, 9.17) is 11.5 Å². The van der Waals surface area contributed by atoms with E-state index in [1.807, 2.05) is 0 Å². The highest BCUT2D eigenvalue weighted by Gasteiger charge is 2.27. The van der Waals surface area contributed by atoms with Crippen LogP contribution < -0.4 is 16.4 Å². The van der Waals surface area contributed by atoms with Crippen molar-refractivity contribution in [1.29, 1.82) is 0 Å². The molecule has 2 saturated heterocycles. The number of anilines is 3. The highest BCUT2D eigenvalue weighted by atomic mass is 19.1. The van der Waals surface area contributed by atoms with Gasteiger partial charge in [-0.2, -0.15) is 9.67 Å². The molecule has 2 aromatic rings. The van der Waals surface area contributed by atoms with Crippen LogP contribution in [0.25, 0.3) is 5.69 Å². The van der Waals surface area contributed by atoms with Crippen molar-refractivity contribution in [2.45, 2.75) is 19.3 Å². The van der Waals surface area contributed by atoms with Crippen molar-refractivity contribution in [3.05, 3.63) is 24.0 Å². The first-order valence-corrected chi connectivity index (χ1v) is 8.85. The van der Waals surface area contributed by atoms with E-state index in [0.717, 1.165) is 26.1 Å². The van der Waals surface area contributed by atoms with Gasteiger partial charge in [0.25, 0.3) is 0 Å². The number of rotatable bonds is 4. The van der Waals surface area contributed by atoms with Crippen LogP contribution in [0.5, 0.6) is 0 Å². The molecule has 0 radical (unpaired) electrons. The Morgan fingerprint density at radius 3 is 2.64 bits per heavy atom. The lowest BCUT2D eigenvalue weighted by molar-refractivity contribution is 0.289. The Morgan fingerprint density at radius 2 is 1.96 bits per heavy atom. The van der Waals surface area contributed by atoms with Crippen LogP contribution in [0.1, 0.15) is 19.3 Å². The first-order valence-electron chi connectivity index (χ1n) is 8.85. The molecule has 0 aliphatic carbocycles. The van der Waals surface area contributed by atoms with E-state index < -0.39 is 0 Å². The van der Waals surface area contributed by atoms with E-state index in [2.05, 4.69) is 19.9 Å². The quantitative estimate of drug-likeness (QED) is 0.873. The molecule has 2 fully saturated rings. The fourth-order valence-corrected chi connectivity index (χ4v) is 3.95. The van der Waals surface area contributed by atoms with Crippen LogP contribution in [-0.4, -0.2) is 52.4 Å². The Balaban J connectivity index is 1.47. The van der Waals surface area contributed by atoms with E-state index in [1.54, 1.807) is 12.1 Å². The van der Waals surface area contributed by atoms with Gasteiger partial charge in [-0.1, -0.05) is 0 Å². The van der Waals surface area contributed by atoms with Gasteiger partial charge in [-0.15, -0.1) is 5.10 Å². The number of benzene rings is 1. The molecule has 1 unspecified atom stereocenters. The van der Waals surface area contributed by atoms with Gasteiger partial charge >= 0.3 is 0 Å². The minimum absolute atomic E-state index is 0.0753. The number of hydrogen-bond acceptors (Lipinski definition) is 6. The summed E-state index contributed by atoms with van der Waals surface area (Å²) in [6, 6.07) is 5.03. The second kappa shape index (κ2) is 6.51. The zero-order chi connectivity index (χ0) is 17.4. The molecule has 3 heterocycles. The van der Waals surface area contributed by atoms with Gasteiger partial charge in [0.2, 0.25) is 11.9 Å². The molecule has 1 aromatic heterocycles. The maximum absolute atomic E-state index is 14.7. The molecule has 7 nitrogen and oxygen atoms in total. The Hall–Kier alpha value is -2.35. The fourth-order valence-electron chi connectivity index (χ4n) is 3.95. The molecule has 134 valence electrons. The summed E-state index contributed by atoms with van der Waals surface area (Å²) in [7, 11) is 0. The van der Waals surface area contributed by atoms with Crippen molar-refractivity contribution in [3.63, 3.8) is 0 Å². The smallest absolute Gasteiger partial charge is 0.241 e. The van der Waals surface area contributed by atoms with E-state index in [9.17, 15) is 4.39 Å². The van der Waals surface area contributed by atoms with Crippen LogP contribution in [0.3, 0.4) is 0 Å². The minimum atomic E-state index is -0.271. The Morgan fingerprint density at radius 1 is 1.16 bits per heavy atom. The number of nitrogens with two attached hydrogens (primary N) is 2. The van der Waals surface area contributed by atoms with Gasteiger partial charge in [0.15, 0.2) is 0 Å². The lowest BCUT2D eigenvalue weighted by Gasteiger charge is -2.22. The van der Waals surface area contributed by atoms with Gasteiger partial charge in [0.05, 0.1) is 11.4 Å². The number of aromatic nitrogens is 3. The van der Waals surface area contributed by atoms with Crippen molar-refractivity contribution in [2.24, 2.45) is 5.92 Å². The molecule has 25 heavy (non-hydrogen) atoms. The van der Waals surface area contributed by atoms with Crippen molar-refractivity contribution < 1.29 is 4.39 Å².